The summed E-state index contributed by atoms with van der Waals surface area (Å²) >= 11 is 1.36. The van der Waals surface area contributed by atoms with Crippen molar-refractivity contribution in [1.29, 1.82) is 5.26 Å². The minimum atomic E-state index is -0.927. The van der Waals surface area contributed by atoms with Gasteiger partial charge in [0.2, 0.25) is 0 Å². The number of nitrogen functional groups attached to an aromatic ring is 1. The molecule has 0 radical (unpaired) electrons. The Kier molecular flexibility index (Phi) is 3.90. The van der Waals surface area contributed by atoms with Gasteiger partial charge in [0.1, 0.15) is 23.9 Å². The second kappa shape index (κ2) is 5.44. The number of nitrogens with zero attached hydrogens (tertiary/aromatic N) is 4. The van der Waals surface area contributed by atoms with Crippen LogP contribution in [0, 0.1) is 11.3 Å². The van der Waals surface area contributed by atoms with Crippen molar-refractivity contribution >= 4 is 28.6 Å². The molecular formula is C11H13N5O2S. The van der Waals surface area contributed by atoms with E-state index < -0.39 is 6.10 Å². The zero-order valence-electron chi connectivity index (χ0n) is 10.2. The number of hydrogen-bond acceptors (Lipinski definition) is 7. The lowest BCUT2D eigenvalue weighted by molar-refractivity contribution is 0.0804. The van der Waals surface area contributed by atoms with Crippen molar-refractivity contribution in [3.8, 4) is 6.07 Å². The van der Waals surface area contributed by atoms with Gasteiger partial charge in [-0.2, -0.15) is 5.26 Å². The Morgan fingerprint density at radius 2 is 2.32 bits per heavy atom. The van der Waals surface area contributed by atoms with Crippen LogP contribution in [0.15, 0.2) is 11.4 Å². The molecule has 0 saturated carbocycles. The highest BCUT2D eigenvalue weighted by Crippen LogP contribution is 2.33. The van der Waals surface area contributed by atoms with Gasteiger partial charge in [-0.1, -0.05) is 0 Å². The third-order valence-corrected chi connectivity index (χ3v) is 3.54. The summed E-state index contributed by atoms with van der Waals surface area (Å²) < 4.78 is 1.68. The van der Waals surface area contributed by atoms with Crippen LogP contribution in [0.4, 0.5) is 5.82 Å². The van der Waals surface area contributed by atoms with Crippen LogP contribution in [0.5, 0.6) is 0 Å². The Labute approximate surface area is 113 Å². The number of aliphatic hydroxyl groups excluding tert-OH is 2. The third kappa shape index (κ3) is 2.23. The highest BCUT2D eigenvalue weighted by atomic mass is 32.2. The minimum absolute atomic E-state index is 0.140. The monoisotopic (exact) mass is 279 g/mol. The summed E-state index contributed by atoms with van der Waals surface area (Å²) in [7, 11) is 0. The topological polar surface area (TPSA) is 121 Å². The summed E-state index contributed by atoms with van der Waals surface area (Å²) in [6, 6.07) is 2.10. The molecule has 8 heteroatoms. The van der Waals surface area contributed by atoms with E-state index >= 15 is 0 Å². The molecule has 0 spiro atoms. The number of rotatable bonds is 4. The lowest BCUT2D eigenvalue weighted by Crippen LogP contribution is -2.20. The Hall–Kier alpha value is -1.82. The van der Waals surface area contributed by atoms with Crippen LogP contribution in [0.2, 0.25) is 0 Å². The SMILES string of the molecule is CSc1c(C#N)c2c(N)ncnc2n1CC(O)CO. The van der Waals surface area contributed by atoms with Gasteiger partial charge in [0.25, 0.3) is 0 Å². The molecule has 7 nitrogen and oxygen atoms in total. The van der Waals surface area contributed by atoms with E-state index in [9.17, 15) is 10.4 Å². The van der Waals surface area contributed by atoms with Crippen molar-refractivity contribution < 1.29 is 10.2 Å². The molecule has 2 aromatic rings. The van der Waals surface area contributed by atoms with Crippen LogP contribution >= 0.6 is 11.8 Å². The summed E-state index contributed by atoms with van der Waals surface area (Å²) in [6.45, 7) is -0.225. The molecule has 1 atom stereocenters. The highest BCUT2D eigenvalue weighted by molar-refractivity contribution is 7.98. The van der Waals surface area contributed by atoms with Gasteiger partial charge in [-0.25, -0.2) is 9.97 Å². The number of nitriles is 1. The summed E-state index contributed by atoms with van der Waals surface area (Å²) in [5.41, 5.74) is 6.68. The molecule has 0 amide bonds. The number of anilines is 1. The maximum Gasteiger partial charge on any atom is 0.147 e. The first kappa shape index (κ1) is 13.6. The maximum absolute atomic E-state index is 9.60. The number of aliphatic hydroxyl groups is 2. The van der Waals surface area contributed by atoms with Crippen LogP contribution < -0.4 is 5.73 Å². The van der Waals surface area contributed by atoms with Crippen molar-refractivity contribution in [2.45, 2.75) is 17.7 Å². The molecule has 2 heterocycles. The van der Waals surface area contributed by atoms with Gasteiger partial charge in [0, 0.05) is 0 Å². The Morgan fingerprint density at radius 3 is 2.89 bits per heavy atom. The highest BCUT2D eigenvalue weighted by Gasteiger charge is 2.21. The summed E-state index contributed by atoms with van der Waals surface area (Å²) in [5.74, 6) is 0.231. The van der Waals surface area contributed by atoms with Gasteiger partial charge < -0.3 is 20.5 Å². The molecule has 0 aliphatic heterocycles. The first-order valence-electron chi connectivity index (χ1n) is 5.49. The average molecular weight is 279 g/mol. The number of fused-ring (bicyclic) bond motifs is 1. The fraction of sp³-hybridized carbons (Fsp3) is 0.364. The van der Waals surface area contributed by atoms with E-state index in [0.717, 1.165) is 0 Å². The van der Waals surface area contributed by atoms with E-state index in [1.807, 2.05) is 6.26 Å². The van der Waals surface area contributed by atoms with E-state index in [1.54, 1.807) is 4.57 Å². The minimum Gasteiger partial charge on any atom is -0.394 e. The van der Waals surface area contributed by atoms with E-state index in [2.05, 4.69) is 16.0 Å². The van der Waals surface area contributed by atoms with Gasteiger partial charge in [0.15, 0.2) is 0 Å². The second-order valence-electron chi connectivity index (χ2n) is 3.90. The molecule has 0 saturated heterocycles. The van der Waals surface area contributed by atoms with Gasteiger partial charge in [-0.3, -0.25) is 0 Å². The van der Waals surface area contributed by atoms with Crippen molar-refractivity contribution in [1.82, 2.24) is 14.5 Å². The summed E-state index contributed by atoms with van der Waals surface area (Å²) in [5, 5.41) is 29.0. The zero-order valence-corrected chi connectivity index (χ0v) is 11.1. The molecule has 100 valence electrons. The van der Waals surface area contributed by atoms with Gasteiger partial charge in [-0.15, -0.1) is 11.8 Å². The smallest absolute Gasteiger partial charge is 0.147 e. The molecule has 0 fully saturated rings. The summed E-state index contributed by atoms with van der Waals surface area (Å²) in [4.78, 5) is 8.01. The van der Waals surface area contributed by atoms with Crippen LogP contribution in [0.3, 0.4) is 0 Å². The van der Waals surface area contributed by atoms with Crippen molar-refractivity contribution in [3.05, 3.63) is 11.9 Å². The third-order valence-electron chi connectivity index (χ3n) is 2.73. The molecule has 2 rings (SSSR count). The predicted molar refractivity (Wildman–Crippen MR) is 71.5 cm³/mol. The number of thioether (sulfide) groups is 1. The zero-order chi connectivity index (χ0) is 14.0. The van der Waals surface area contributed by atoms with Gasteiger partial charge in [-0.05, 0) is 6.26 Å². The summed E-state index contributed by atoms with van der Waals surface area (Å²) in [6.07, 6.45) is 2.20. The molecule has 1 unspecified atom stereocenters. The quantitative estimate of drug-likeness (QED) is 0.671. The van der Waals surface area contributed by atoms with Crippen LogP contribution in [0.1, 0.15) is 5.56 Å². The maximum atomic E-state index is 9.60. The molecule has 0 aromatic carbocycles. The van der Waals surface area contributed by atoms with E-state index in [4.69, 9.17) is 10.8 Å². The lowest BCUT2D eigenvalue weighted by atomic mass is 10.2. The number of nitrogens with two attached hydrogens (primary N) is 1. The second-order valence-corrected chi connectivity index (χ2v) is 4.70. The fourth-order valence-corrected chi connectivity index (χ4v) is 2.66. The molecule has 0 aliphatic rings. The predicted octanol–water partition coefficient (Wildman–Crippen LogP) is -0.0397. The molecule has 19 heavy (non-hydrogen) atoms. The molecular weight excluding hydrogens is 266 g/mol. The Balaban J connectivity index is 2.75. The Morgan fingerprint density at radius 1 is 1.58 bits per heavy atom. The number of aromatic nitrogens is 3. The Bertz CT molecular complexity index is 649. The molecule has 2 aromatic heterocycles. The molecule has 0 aliphatic carbocycles. The van der Waals surface area contributed by atoms with E-state index in [1.165, 1.54) is 18.1 Å². The van der Waals surface area contributed by atoms with Crippen LogP contribution in [0.25, 0.3) is 11.0 Å². The molecule has 4 N–H and O–H groups in total. The largest absolute Gasteiger partial charge is 0.394 e. The number of hydrogen-bond donors (Lipinski definition) is 3. The van der Waals surface area contributed by atoms with Crippen molar-refractivity contribution in [2.24, 2.45) is 0 Å². The van der Waals surface area contributed by atoms with Gasteiger partial charge in [0.05, 0.1) is 35.2 Å². The van der Waals surface area contributed by atoms with Gasteiger partial charge >= 0.3 is 0 Å². The standard InChI is InChI=1S/C11H13N5O2S/c1-19-11-7(2-12)8-9(13)14-5-15-10(8)16(11)3-6(18)4-17/h5-6,17-18H,3-4H2,1H3,(H2,13,14,15). The molecule has 0 bridgehead atoms. The van der Waals surface area contributed by atoms with E-state index in [-0.39, 0.29) is 19.0 Å². The van der Waals surface area contributed by atoms with E-state index in [0.29, 0.717) is 21.6 Å². The van der Waals surface area contributed by atoms with Crippen LogP contribution in [-0.4, -0.2) is 43.7 Å². The normalized spacial score (nSPS) is 12.5. The first-order chi connectivity index (χ1) is 9.13. The first-order valence-corrected chi connectivity index (χ1v) is 6.72. The van der Waals surface area contributed by atoms with Crippen molar-refractivity contribution in [2.75, 3.05) is 18.6 Å². The average Bonchev–Trinajstić information content (AvgIpc) is 2.73. The van der Waals surface area contributed by atoms with Crippen molar-refractivity contribution in [3.63, 3.8) is 0 Å². The lowest BCUT2D eigenvalue weighted by Gasteiger charge is -2.12. The fourth-order valence-electron chi connectivity index (χ4n) is 1.93. The van der Waals surface area contributed by atoms with Crippen LogP contribution in [-0.2, 0) is 6.54 Å².